The minimum atomic E-state index is -4.40. The minimum absolute atomic E-state index is 0.186. The molecule has 0 radical (unpaired) electrons. The normalized spacial score (nSPS) is 15.3. The summed E-state index contributed by atoms with van der Waals surface area (Å²) in [5.74, 6) is 0.933. The Balaban J connectivity index is 2.24. The molecule has 0 saturated heterocycles. The largest absolute Gasteiger partial charge is 0.495 e. The van der Waals surface area contributed by atoms with Gasteiger partial charge in [0.05, 0.1) is 30.7 Å². The molecule has 2 heterocycles. The summed E-state index contributed by atoms with van der Waals surface area (Å²) in [7, 11) is 1.44. The topological polar surface area (TPSA) is 82.2 Å². The number of hydrogen-bond acceptors (Lipinski definition) is 5. The molecule has 6 nitrogen and oxygen atoms in total. The highest BCUT2D eigenvalue weighted by molar-refractivity contribution is 5.57. The van der Waals surface area contributed by atoms with E-state index in [4.69, 9.17) is 9.84 Å². The third-order valence-electron chi connectivity index (χ3n) is 3.21. The minimum Gasteiger partial charge on any atom is -0.495 e. The van der Waals surface area contributed by atoms with Gasteiger partial charge in [-0.3, -0.25) is 0 Å². The fourth-order valence-corrected chi connectivity index (χ4v) is 2.08. The Hall–Kier alpha value is -2.68. The zero-order valence-corrected chi connectivity index (χ0v) is 12.9. The van der Waals surface area contributed by atoms with E-state index >= 15 is 0 Å². The number of ether oxygens (including phenoxy) is 1. The second-order valence-corrected chi connectivity index (χ2v) is 4.80. The van der Waals surface area contributed by atoms with Gasteiger partial charge in [0, 0.05) is 12.6 Å². The smallest absolute Gasteiger partial charge is 0.414 e. The number of allylic oxidation sites excluding steroid dienone is 3. The predicted octanol–water partition coefficient (Wildman–Crippen LogP) is 2.83. The highest BCUT2D eigenvalue weighted by atomic mass is 19.4. The van der Waals surface area contributed by atoms with E-state index in [0.29, 0.717) is 23.0 Å². The van der Waals surface area contributed by atoms with Gasteiger partial charge in [-0.2, -0.15) is 18.2 Å². The van der Waals surface area contributed by atoms with Crippen molar-refractivity contribution in [1.29, 1.82) is 0 Å². The van der Waals surface area contributed by atoms with Gasteiger partial charge in [0.1, 0.15) is 5.76 Å². The van der Waals surface area contributed by atoms with Crippen LogP contribution < -0.4 is 10.6 Å². The van der Waals surface area contributed by atoms with E-state index in [-0.39, 0.29) is 19.0 Å². The van der Waals surface area contributed by atoms with Gasteiger partial charge < -0.3 is 25.5 Å². The summed E-state index contributed by atoms with van der Waals surface area (Å²) in [5, 5.41) is 14.3. The zero-order valence-electron chi connectivity index (χ0n) is 12.9. The van der Waals surface area contributed by atoms with Crippen LogP contribution in [0.4, 0.5) is 24.9 Å². The Morgan fingerprint density at radius 1 is 1.54 bits per heavy atom. The number of aromatic nitrogens is 2. The van der Waals surface area contributed by atoms with Gasteiger partial charge in [-0.05, 0) is 12.2 Å². The fraction of sp³-hybridized carbons (Fsp3) is 0.267. The Labute approximate surface area is 136 Å². The van der Waals surface area contributed by atoms with E-state index in [0.717, 1.165) is 6.20 Å². The van der Waals surface area contributed by atoms with E-state index in [9.17, 15) is 13.2 Å². The third-order valence-corrected chi connectivity index (χ3v) is 3.21. The number of rotatable bonds is 6. The number of nitrogens with zero attached hydrogens (tertiary/aromatic N) is 1. The number of nitrogens with one attached hydrogen (secondary N) is 3. The molecular weight excluding hydrogens is 325 g/mol. The van der Waals surface area contributed by atoms with Crippen molar-refractivity contribution in [3.63, 3.8) is 0 Å². The SMILES string of the molecule is C=C/C(OC)=C(\C=C/CO)Nc1nc2c([nH]1)CC(C(F)(F)F)=CN2. The van der Waals surface area contributed by atoms with Crippen LogP contribution in [0.3, 0.4) is 0 Å². The van der Waals surface area contributed by atoms with Gasteiger partial charge in [0.15, 0.2) is 5.82 Å². The molecule has 0 aliphatic carbocycles. The molecule has 0 bridgehead atoms. The number of H-pyrrole nitrogens is 1. The van der Waals surface area contributed by atoms with Crippen LogP contribution in [0.5, 0.6) is 0 Å². The number of aliphatic hydroxyl groups is 1. The number of anilines is 2. The zero-order chi connectivity index (χ0) is 17.7. The van der Waals surface area contributed by atoms with Crippen molar-refractivity contribution in [3.8, 4) is 0 Å². The molecule has 0 aromatic carbocycles. The van der Waals surface area contributed by atoms with Crippen molar-refractivity contribution >= 4 is 11.8 Å². The lowest BCUT2D eigenvalue weighted by molar-refractivity contribution is -0.0934. The molecular formula is C15H17F3N4O2. The van der Waals surface area contributed by atoms with E-state index in [1.807, 2.05) is 0 Å². The lowest BCUT2D eigenvalue weighted by atomic mass is 10.1. The van der Waals surface area contributed by atoms with Crippen LogP contribution in [0, 0.1) is 0 Å². The summed E-state index contributed by atoms with van der Waals surface area (Å²) in [6.07, 6.45) is 0.674. The van der Waals surface area contributed by atoms with Crippen LogP contribution in [0.25, 0.3) is 0 Å². The summed E-state index contributed by atoms with van der Waals surface area (Å²) in [5.41, 5.74) is 0.0665. The molecule has 0 spiro atoms. The van der Waals surface area contributed by atoms with Crippen molar-refractivity contribution in [3.05, 3.63) is 53.7 Å². The lowest BCUT2D eigenvalue weighted by Crippen LogP contribution is -2.19. The summed E-state index contributed by atoms with van der Waals surface area (Å²) < 4.78 is 43.4. The first-order chi connectivity index (χ1) is 11.4. The van der Waals surface area contributed by atoms with Gasteiger partial charge >= 0.3 is 6.18 Å². The number of aliphatic hydroxyl groups excluding tert-OH is 1. The molecule has 0 saturated carbocycles. The molecule has 4 N–H and O–H groups in total. The second-order valence-electron chi connectivity index (χ2n) is 4.80. The Morgan fingerprint density at radius 2 is 2.29 bits per heavy atom. The average molecular weight is 342 g/mol. The van der Waals surface area contributed by atoms with Gasteiger partial charge in [-0.25, -0.2) is 0 Å². The third kappa shape index (κ3) is 3.99. The number of imidazole rings is 1. The molecule has 130 valence electrons. The average Bonchev–Trinajstić information content (AvgIpc) is 2.94. The summed E-state index contributed by atoms with van der Waals surface area (Å²) in [4.78, 5) is 6.96. The Bertz CT molecular complexity index is 702. The molecule has 2 rings (SSSR count). The van der Waals surface area contributed by atoms with E-state index in [1.165, 1.54) is 19.3 Å². The maximum atomic E-state index is 12.8. The molecule has 0 unspecified atom stereocenters. The first kappa shape index (κ1) is 17.7. The second kappa shape index (κ2) is 7.26. The molecule has 0 fully saturated rings. The lowest BCUT2D eigenvalue weighted by Gasteiger charge is -2.15. The fourth-order valence-electron chi connectivity index (χ4n) is 2.08. The number of hydrogen-bond donors (Lipinski definition) is 4. The molecule has 1 aliphatic heterocycles. The van der Waals surface area contributed by atoms with Crippen LogP contribution in [-0.4, -0.2) is 35.0 Å². The van der Waals surface area contributed by atoms with Crippen molar-refractivity contribution < 1.29 is 23.0 Å². The van der Waals surface area contributed by atoms with Gasteiger partial charge in [-0.1, -0.05) is 12.7 Å². The van der Waals surface area contributed by atoms with E-state index in [1.54, 1.807) is 6.08 Å². The molecule has 1 aliphatic rings. The van der Waals surface area contributed by atoms with Crippen LogP contribution in [-0.2, 0) is 11.2 Å². The Kier molecular flexibility index (Phi) is 5.35. The molecule has 24 heavy (non-hydrogen) atoms. The van der Waals surface area contributed by atoms with Crippen LogP contribution in [0.2, 0.25) is 0 Å². The quantitative estimate of drug-likeness (QED) is 0.472. The maximum absolute atomic E-state index is 12.8. The molecule has 1 aromatic rings. The van der Waals surface area contributed by atoms with Gasteiger partial charge in [0.25, 0.3) is 0 Å². The molecule has 9 heteroatoms. The van der Waals surface area contributed by atoms with Crippen molar-refractivity contribution in [1.82, 2.24) is 9.97 Å². The van der Waals surface area contributed by atoms with Crippen LogP contribution >= 0.6 is 0 Å². The molecule has 1 aromatic heterocycles. The molecule has 0 amide bonds. The first-order valence-electron chi connectivity index (χ1n) is 6.95. The van der Waals surface area contributed by atoms with Crippen molar-refractivity contribution in [2.45, 2.75) is 12.6 Å². The monoisotopic (exact) mass is 342 g/mol. The predicted molar refractivity (Wildman–Crippen MR) is 84.1 cm³/mol. The highest BCUT2D eigenvalue weighted by Gasteiger charge is 2.36. The van der Waals surface area contributed by atoms with Crippen LogP contribution in [0.15, 0.2) is 48.0 Å². The number of methoxy groups -OCH3 is 1. The van der Waals surface area contributed by atoms with Crippen molar-refractivity contribution in [2.75, 3.05) is 24.4 Å². The van der Waals surface area contributed by atoms with Crippen molar-refractivity contribution in [2.24, 2.45) is 0 Å². The highest BCUT2D eigenvalue weighted by Crippen LogP contribution is 2.33. The number of fused-ring (bicyclic) bond motifs is 1. The number of halogens is 3. The van der Waals surface area contributed by atoms with Gasteiger partial charge in [-0.15, -0.1) is 0 Å². The summed E-state index contributed by atoms with van der Waals surface area (Å²) in [6, 6.07) is 0. The maximum Gasteiger partial charge on any atom is 0.414 e. The molecule has 0 atom stereocenters. The van der Waals surface area contributed by atoms with Crippen LogP contribution in [0.1, 0.15) is 5.69 Å². The standard InChI is InChI=1S/C15H17F3N4O2/c1-3-12(24-2)10(5-4-6-23)20-14-21-11-7-9(15(16,17)18)8-19-13(11)22-14/h3-5,8,19,23H,1,6-7H2,2H3,(H2,20,21,22)/b5-4-,12-10-. The van der Waals surface area contributed by atoms with E-state index < -0.39 is 11.7 Å². The van der Waals surface area contributed by atoms with E-state index in [2.05, 4.69) is 27.2 Å². The van der Waals surface area contributed by atoms with Gasteiger partial charge in [0.2, 0.25) is 5.95 Å². The summed E-state index contributed by atoms with van der Waals surface area (Å²) in [6.45, 7) is 3.42. The summed E-state index contributed by atoms with van der Waals surface area (Å²) >= 11 is 0. The number of aromatic amines is 1. The Morgan fingerprint density at radius 3 is 2.88 bits per heavy atom. The first-order valence-corrected chi connectivity index (χ1v) is 6.95. The number of alkyl halides is 3.